The van der Waals surface area contributed by atoms with Crippen LogP contribution in [-0.4, -0.2) is 36.3 Å². The highest BCUT2D eigenvalue weighted by molar-refractivity contribution is 6.34. The van der Waals surface area contributed by atoms with E-state index in [1.807, 2.05) is 48.5 Å². The van der Waals surface area contributed by atoms with Crippen LogP contribution >= 0.6 is 11.6 Å². The standard InChI is InChI=1S/C20H22ClN3O2/c1-23(19(25)13-16(22)14-7-3-2-4-8-14)18-11-12-24(20(18)26)17-10-6-5-9-15(17)21/h2-10,16,18H,11-13,22H2,1H3. The maximum absolute atomic E-state index is 12.8. The van der Waals surface area contributed by atoms with Crippen molar-refractivity contribution in [1.82, 2.24) is 4.90 Å². The fourth-order valence-corrected chi connectivity index (χ4v) is 3.50. The van der Waals surface area contributed by atoms with Gasteiger partial charge in [-0.2, -0.15) is 0 Å². The van der Waals surface area contributed by atoms with Crippen LogP contribution in [0.3, 0.4) is 0 Å². The number of benzene rings is 2. The third kappa shape index (κ3) is 3.74. The zero-order valence-corrected chi connectivity index (χ0v) is 15.4. The monoisotopic (exact) mass is 371 g/mol. The maximum Gasteiger partial charge on any atom is 0.249 e. The summed E-state index contributed by atoms with van der Waals surface area (Å²) in [7, 11) is 1.67. The summed E-state index contributed by atoms with van der Waals surface area (Å²) in [6.07, 6.45) is 0.739. The molecule has 1 fully saturated rings. The number of anilines is 1. The quantitative estimate of drug-likeness (QED) is 0.878. The molecule has 2 aromatic carbocycles. The van der Waals surface area contributed by atoms with E-state index in [0.717, 1.165) is 5.56 Å². The van der Waals surface area contributed by atoms with Crippen LogP contribution in [0, 0.1) is 0 Å². The molecule has 0 bridgehead atoms. The molecule has 6 heteroatoms. The molecule has 2 atom stereocenters. The van der Waals surface area contributed by atoms with E-state index in [0.29, 0.717) is 23.7 Å². The molecule has 0 aliphatic carbocycles. The molecule has 5 nitrogen and oxygen atoms in total. The van der Waals surface area contributed by atoms with E-state index in [4.69, 9.17) is 17.3 Å². The molecule has 3 rings (SSSR count). The number of hydrogen-bond acceptors (Lipinski definition) is 3. The van der Waals surface area contributed by atoms with E-state index >= 15 is 0 Å². The molecule has 0 aromatic heterocycles. The summed E-state index contributed by atoms with van der Waals surface area (Å²) in [5.74, 6) is -0.247. The molecule has 26 heavy (non-hydrogen) atoms. The molecule has 1 saturated heterocycles. The number of amides is 2. The van der Waals surface area contributed by atoms with Gasteiger partial charge in [0.1, 0.15) is 6.04 Å². The van der Waals surface area contributed by atoms with Crippen LogP contribution in [0.4, 0.5) is 5.69 Å². The molecule has 1 aliphatic rings. The molecular formula is C20H22ClN3O2. The van der Waals surface area contributed by atoms with Gasteiger partial charge < -0.3 is 15.5 Å². The van der Waals surface area contributed by atoms with Crippen molar-refractivity contribution in [3.63, 3.8) is 0 Å². The van der Waals surface area contributed by atoms with Gasteiger partial charge in [-0.25, -0.2) is 0 Å². The van der Waals surface area contributed by atoms with Gasteiger partial charge in [-0.05, 0) is 24.1 Å². The zero-order chi connectivity index (χ0) is 18.7. The first-order valence-electron chi connectivity index (χ1n) is 8.61. The first kappa shape index (κ1) is 18.4. The van der Waals surface area contributed by atoms with Crippen LogP contribution < -0.4 is 10.6 Å². The Bertz CT molecular complexity index is 797. The summed E-state index contributed by atoms with van der Waals surface area (Å²) >= 11 is 6.21. The minimum atomic E-state index is -0.484. The Morgan fingerprint density at radius 2 is 1.88 bits per heavy atom. The van der Waals surface area contributed by atoms with Gasteiger partial charge in [0.2, 0.25) is 11.8 Å². The normalized spacial score (nSPS) is 18.0. The van der Waals surface area contributed by atoms with Crippen LogP contribution in [-0.2, 0) is 9.59 Å². The summed E-state index contributed by atoms with van der Waals surface area (Å²) in [4.78, 5) is 28.6. The number of para-hydroxylation sites is 1. The topological polar surface area (TPSA) is 66.6 Å². The van der Waals surface area contributed by atoms with Gasteiger partial charge in [0.25, 0.3) is 0 Å². The molecule has 0 spiro atoms. The maximum atomic E-state index is 12.8. The van der Waals surface area contributed by atoms with Crippen molar-refractivity contribution in [2.45, 2.75) is 24.9 Å². The predicted octanol–water partition coefficient (Wildman–Crippen LogP) is 2.99. The zero-order valence-electron chi connectivity index (χ0n) is 14.6. The molecule has 2 unspecified atom stereocenters. The molecule has 1 aliphatic heterocycles. The SMILES string of the molecule is CN(C(=O)CC(N)c1ccccc1)C1CCN(c2ccccc2Cl)C1=O. The lowest BCUT2D eigenvalue weighted by Crippen LogP contribution is -2.43. The fourth-order valence-electron chi connectivity index (χ4n) is 3.26. The van der Waals surface area contributed by atoms with E-state index in [1.54, 1.807) is 18.0 Å². The van der Waals surface area contributed by atoms with Crippen LogP contribution in [0.25, 0.3) is 0 Å². The first-order valence-corrected chi connectivity index (χ1v) is 8.99. The predicted molar refractivity (Wildman–Crippen MR) is 103 cm³/mol. The fraction of sp³-hybridized carbons (Fsp3) is 0.300. The molecule has 1 heterocycles. The van der Waals surface area contributed by atoms with Crippen molar-refractivity contribution < 1.29 is 9.59 Å². The third-order valence-corrected chi connectivity index (χ3v) is 5.12. The Balaban J connectivity index is 1.66. The lowest BCUT2D eigenvalue weighted by atomic mass is 10.0. The van der Waals surface area contributed by atoms with E-state index in [2.05, 4.69) is 0 Å². The highest BCUT2D eigenvalue weighted by atomic mass is 35.5. The number of halogens is 1. The van der Waals surface area contributed by atoms with Crippen LogP contribution in [0.1, 0.15) is 24.4 Å². The van der Waals surface area contributed by atoms with Gasteiger partial charge in [-0.15, -0.1) is 0 Å². The summed E-state index contributed by atoms with van der Waals surface area (Å²) in [5.41, 5.74) is 7.74. The summed E-state index contributed by atoms with van der Waals surface area (Å²) in [6, 6.07) is 15.9. The number of hydrogen-bond donors (Lipinski definition) is 1. The van der Waals surface area contributed by atoms with Crippen molar-refractivity contribution in [1.29, 1.82) is 0 Å². The minimum absolute atomic E-state index is 0.109. The van der Waals surface area contributed by atoms with Crippen molar-refractivity contribution in [2.75, 3.05) is 18.5 Å². The smallest absolute Gasteiger partial charge is 0.249 e. The van der Waals surface area contributed by atoms with Gasteiger partial charge in [0.05, 0.1) is 10.7 Å². The number of nitrogens with two attached hydrogens (primary N) is 1. The minimum Gasteiger partial charge on any atom is -0.334 e. The van der Waals surface area contributed by atoms with Crippen molar-refractivity contribution >= 4 is 29.1 Å². The van der Waals surface area contributed by atoms with E-state index in [9.17, 15) is 9.59 Å². The van der Waals surface area contributed by atoms with Gasteiger partial charge in [-0.3, -0.25) is 9.59 Å². The average Bonchev–Trinajstić information content (AvgIpc) is 3.03. The van der Waals surface area contributed by atoms with E-state index < -0.39 is 6.04 Å². The van der Waals surface area contributed by atoms with Crippen molar-refractivity contribution in [3.8, 4) is 0 Å². The second-order valence-electron chi connectivity index (χ2n) is 6.47. The summed E-state index contributed by atoms with van der Waals surface area (Å²) in [6.45, 7) is 0.537. The summed E-state index contributed by atoms with van der Waals surface area (Å²) in [5, 5.41) is 0.529. The van der Waals surface area contributed by atoms with E-state index in [1.165, 1.54) is 4.90 Å². The van der Waals surface area contributed by atoms with E-state index in [-0.39, 0.29) is 24.3 Å². The largest absolute Gasteiger partial charge is 0.334 e. The number of carbonyl (C=O) groups is 2. The molecular weight excluding hydrogens is 350 g/mol. The van der Waals surface area contributed by atoms with Gasteiger partial charge in [0, 0.05) is 26.1 Å². The Kier molecular flexibility index (Phi) is 5.59. The molecule has 0 saturated carbocycles. The Hall–Kier alpha value is -2.37. The molecule has 2 aromatic rings. The average molecular weight is 372 g/mol. The lowest BCUT2D eigenvalue weighted by Gasteiger charge is -2.25. The highest BCUT2D eigenvalue weighted by Gasteiger charge is 2.37. The summed E-state index contributed by atoms with van der Waals surface area (Å²) < 4.78 is 0. The van der Waals surface area contributed by atoms with Crippen molar-refractivity contribution in [3.05, 3.63) is 65.2 Å². The highest BCUT2D eigenvalue weighted by Crippen LogP contribution is 2.30. The van der Waals surface area contributed by atoms with Crippen LogP contribution in [0.15, 0.2) is 54.6 Å². The number of likely N-dealkylation sites (N-methyl/N-ethyl adjacent to an activating group) is 1. The molecule has 2 amide bonds. The Morgan fingerprint density at radius 1 is 1.23 bits per heavy atom. The van der Waals surface area contributed by atoms with Crippen LogP contribution in [0.2, 0.25) is 5.02 Å². The molecule has 2 N–H and O–H groups in total. The number of carbonyl (C=O) groups excluding carboxylic acids is 2. The first-order chi connectivity index (χ1) is 12.5. The number of rotatable bonds is 5. The second-order valence-corrected chi connectivity index (χ2v) is 6.88. The number of nitrogens with zero attached hydrogens (tertiary/aromatic N) is 2. The van der Waals surface area contributed by atoms with Crippen LogP contribution in [0.5, 0.6) is 0 Å². The lowest BCUT2D eigenvalue weighted by molar-refractivity contribution is -0.137. The van der Waals surface area contributed by atoms with Gasteiger partial charge >= 0.3 is 0 Å². The molecule has 136 valence electrons. The Morgan fingerprint density at radius 3 is 2.58 bits per heavy atom. The Labute approximate surface area is 158 Å². The van der Waals surface area contributed by atoms with Gasteiger partial charge in [0.15, 0.2) is 0 Å². The van der Waals surface area contributed by atoms with Crippen molar-refractivity contribution in [2.24, 2.45) is 5.73 Å². The second kappa shape index (κ2) is 7.89. The third-order valence-electron chi connectivity index (χ3n) is 4.80. The molecule has 0 radical (unpaired) electrons. The van der Waals surface area contributed by atoms with Gasteiger partial charge in [-0.1, -0.05) is 54.1 Å².